The molecular weight excluding hydrogens is 142 g/mol. The van der Waals surface area contributed by atoms with Crippen LogP contribution in [0.2, 0.25) is 0 Å². The van der Waals surface area contributed by atoms with E-state index in [1.807, 2.05) is 20.1 Å². The average Bonchev–Trinajstić information content (AvgIpc) is 1.97. The number of hydroxylamine groups is 1. The maximum Gasteiger partial charge on any atom is 0.200 e. The SMILES string of the molecule is CCCC/C=[N+](\OO)C(C)C. The number of unbranched alkanes of at least 4 members (excludes halogenated alkanes) is 2. The molecule has 0 aromatic heterocycles. The summed E-state index contributed by atoms with van der Waals surface area (Å²) >= 11 is 0. The van der Waals surface area contributed by atoms with Crippen molar-refractivity contribution >= 4 is 6.21 Å². The summed E-state index contributed by atoms with van der Waals surface area (Å²) in [6.07, 6.45) is 5.11. The fourth-order valence-corrected chi connectivity index (χ4v) is 0.761. The highest BCUT2D eigenvalue weighted by molar-refractivity contribution is 5.50. The van der Waals surface area contributed by atoms with E-state index in [1.54, 1.807) is 0 Å². The third-order valence-electron chi connectivity index (χ3n) is 1.47. The molecule has 0 bridgehead atoms. The molecule has 0 aromatic carbocycles. The lowest BCUT2D eigenvalue weighted by Crippen LogP contribution is -2.20. The molecule has 0 aliphatic rings. The van der Waals surface area contributed by atoms with Gasteiger partial charge >= 0.3 is 0 Å². The van der Waals surface area contributed by atoms with Crippen molar-refractivity contribution in [1.29, 1.82) is 0 Å². The second-order valence-electron chi connectivity index (χ2n) is 2.86. The molecule has 0 heterocycles. The minimum Gasteiger partial charge on any atom is -0.143 e. The van der Waals surface area contributed by atoms with Gasteiger partial charge in [0.15, 0.2) is 12.3 Å². The number of hydrogen-bond acceptors (Lipinski definition) is 2. The molecule has 0 rings (SSSR count). The van der Waals surface area contributed by atoms with E-state index >= 15 is 0 Å². The van der Waals surface area contributed by atoms with Gasteiger partial charge in [-0.1, -0.05) is 18.3 Å². The zero-order valence-corrected chi connectivity index (χ0v) is 7.58. The molecule has 1 N–H and O–H groups in total. The second kappa shape index (κ2) is 6.16. The van der Waals surface area contributed by atoms with Crippen LogP contribution in [0.5, 0.6) is 0 Å². The largest absolute Gasteiger partial charge is 0.200 e. The highest BCUT2D eigenvalue weighted by Crippen LogP contribution is 1.93. The first kappa shape index (κ1) is 10.4. The Kier molecular flexibility index (Phi) is 5.84. The summed E-state index contributed by atoms with van der Waals surface area (Å²) < 4.78 is 1.45. The molecule has 11 heavy (non-hydrogen) atoms. The van der Waals surface area contributed by atoms with Gasteiger partial charge in [0.05, 0.1) is 0 Å². The van der Waals surface area contributed by atoms with Crippen LogP contribution in [0.1, 0.15) is 40.0 Å². The van der Waals surface area contributed by atoms with Crippen molar-refractivity contribution in [3.05, 3.63) is 0 Å². The van der Waals surface area contributed by atoms with Gasteiger partial charge in [0.25, 0.3) is 0 Å². The van der Waals surface area contributed by atoms with Crippen molar-refractivity contribution in [2.45, 2.75) is 46.1 Å². The molecule has 3 nitrogen and oxygen atoms in total. The fraction of sp³-hybridized carbons (Fsp3) is 0.875. The monoisotopic (exact) mass is 160 g/mol. The molecule has 0 amide bonds. The minimum atomic E-state index is 0.192. The summed E-state index contributed by atoms with van der Waals surface area (Å²) in [5, 5.41) is 8.39. The van der Waals surface area contributed by atoms with Crippen LogP contribution in [-0.4, -0.2) is 22.3 Å². The number of nitrogens with zero attached hydrogens (tertiary/aromatic N) is 1. The third kappa shape index (κ3) is 4.79. The van der Waals surface area contributed by atoms with Crippen molar-refractivity contribution < 1.29 is 15.0 Å². The Bertz CT molecular complexity index is 121. The van der Waals surface area contributed by atoms with Gasteiger partial charge in [0, 0.05) is 25.0 Å². The van der Waals surface area contributed by atoms with Crippen LogP contribution >= 0.6 is 0 Å². The Labute approximate surface area is 68.2 Å². The summed E-state index contributed by atoms with van der Waals surface area (Å²) in [7, 11) is 0. The third-order valence-corrected chi connectivity index (χ3v) is 1.47. The molecule has 66 valence electrons. The first-order chi connectivity index (χ1) is 5.22. The molecule has 0 atom stereocenters. The van der Waals surface area contributed by atoms with Crippen molar-refractivity contribution in [2.75, 3.05) is 0 Å². The molecule has 0 spiro atoms. The number of rotatable bonds is 5. The van der Waals surface area contributed by atoms with Gasteiger partial charge in [-0.15, -0.1) is 5.26 Å². The zero-order chi connectivity index (χ0) is 8.69. The standard InChI is InChI=1S/C8H17NO2/c1-4-5-6-7-9(11-10)8(2)3/h7-8H,4-6H2,1-3H3/p+1/b9-7-. The van der Waals surface area contributed by atoms with Gasteiger partial charge in [-0.3, -0.25) is 0 Å². The van der Waals surface area contributed by atoms with E-state index in [-0.39, 0.29) is 6.04 Å². The molecule has 0 fully saturated rings. The average molecular weight is 160 g/mol. The summed E-state index contributed by atoms with van der Waals surface area (Å²) in [4.78, 5) is 4.14. The highest BCUT2D eigenvalue weighted by Gasteiger charge is 2.09. The Balaban J connectivity index is 3.71. The molecule has 0 radical (unpaired) electrons. The topological polar surface area (TPSA) is 32.5 Å². The number of hydrogen-bond donors (Lipinski definition) is 1. The molecule has 0 aromatic rings. The first-order valence-electron chi connectivity index (χ1n) is 4.15. The van der Waals surface area contributed by atoms with Crippen LogP contribution < -0.4 is 0 Å². The predicted molar refractivity (Wildman–Crippen MR) is 44.7 cm³/mol. The van der Waals surface area contributed by atoms with E-state index in [0.29, 0.717) is 0 Å². The Morgan fingerprint density at radius 1 is 1.55 bits per heavy atom. The molecule has 3 heteroatoms. The van der Waals surface area contributed by atoms with Gasteiger partial charge < -0.3 is 0 Å². The molecule has 0 unspecified atom stereocenters. The van der Waals surface area contributed by atoms with Crippen LogP contribution in [0.25, 0.3) is 0 Å². The first-order valence-corrected chi connectivity index (χ1v) is 4.15. The highest BCUT2D eigenvalue weighted by atomic mass is 17.2. The van der Waals surface area contributed by atoms with Gasteiger partial charge in [0.1, 0.15) is 0 Å². The second-order valence-corrected chi connectivity index (χ2v) is 2.86. The van der Waals surface area contributed by atoms with Crippen molar-refractivity contribution in [2.24, 2.45) is 0 Å². The van der Waals surface area contributed by atoms with Crippen LogP contribution in [-0.2, 0) is 4.99 Å². The van der Waals surface area contributed by atoms with E-state index < -0.39 is 0 Å². The van der Waals surface area contributed by atoms with Crippen molar-refractivity contribution in [3.8, 4) is 0 Å². The van der Waals surface area contributed by atoms with Crippen LogP contribution in [0.4, 0.5) is 0 Å². The summed E-state index contributed by atoms with van der Waals surface area (Å²) in [6, 6.07) is 0.192. The molecular formula is C8H18NO2+. The van der Waals surface area contributed by atoms with Crippen LogP contribution in [0.3, 0.4) is 0 Å². The minimum absolute atomic E-state index is 0.192. The van der Waals surface area contributed by atoms with Gasteiger partial charge in [-0.05, 0) is 6.42 Å². The van der Waals surface area contributed by atoms with Gasteiger partial charge in [-0.25, -0.2) is 0 Å². The Morgan fingerprint density at radius 2 is 2.18 bits per heavy atom. The normalized spacial score (nSPS) is 12.3. The van der Waals surface area contributed by atoms with Crippen molar-refractivity contribution in [3.63, 3.8) is 0 Å². The van der Waals surface area contributed by atoms with Gasteiger partial charge in [-0.2, -0.15) is 0 Å². The van der Waals surface area contributed by atoms with Gasteiger partial charge in [0.2, 0.25) is 0 Å². The smallest absolute Gasteiger partial charge is 0.143 e. The van der Waals surface area contributed by atoms with E-state index in [4.69, 9.17) is 5.26 Å². The fourth-order valence-electron chi connectivity index (χ4n) is 0.761. The Hall–Kier alpha value is -0.570. The maximum atomic E-state index is 8.39. The predicted octanol–water partition coefficient (Wildman–Crippen LogP) is 2.07. The lowest BCUT2D eigenvalue weighted by Gasteiger charge is -1.97. The zero-order valence-electron chi connectivity index (χ0n) is 7.58. The quantitative estimate of drug-likeness (QED) is 0.219. The van der Waals surface area contributed by atoms with Crippen molar-refractivity contribution in [1.82, 2.24) is 0 Å². The molecule has 0 saturated heterocycles. The van der Waals surface area contributed by atoms with Crippen LogP contribution in [0.15, 0.2) is 0 Å². The molecule has 0 aliphatic heterocycles. The lowest BCUT2D eigenvalue weighted by atomic mass is 10.3. The lowest BCUT2D eigenvalue weighted by molar-refractivity contribution is -0.883. The van der Waals surface area contributed by atoms with E-state index in [0.717, 1.165) is 19.3 Å². The molecule has 0 saturated carbocycles. The van der Waals surface area contributed by atoms with E-state index in [2.05, 4.69) is 11.9 Å². The van der Waals surface area contributed by atoms with Crippen LogP contribution in [0, 0.1) is 0 Å². The Morgan fingerprint density at radius 3 is 2.55 bits per heavy atom. The van der Waals surface area contributed by atoms with E-state index in [9.17, 15) is 0 Å². The molecule has 0 aliphatic carbocycles. The maximum absolute atomic E-state index is 8.39. The summed E-state index contributed by atoms with van der Waals surface area (Å²) in [5.41, 5.74) is 0. The van der Waals surface area contributed by atoms with E-state index in [1.165, 1.54) is 4.74 Å². The summed E-state index contributed by atoms with van der Waals surface area (Å²) in [5.74, 6) is 0. The summed E-state index contributed by atoms with van der Waals surface area (Å²) in [6.45, 7) is 6.05.